The molecule has 3 amide bonds. The molecule has 4 bridgehead atoms. The Morgan fingerprint density at radius 1 is 1.00 bits per heavy atom. The molecule has 4 aliphatic carbocycles. The van der Waals surface area contributed by atoms with Crippen LogP contribution in [0.3, 0.4) is 0 Å². The molecule has 5 rings (SSSR count). The minimum absolute atomic E-state index is 0.0272. The normalized spacial score (nSPS) is 30.6. The van der Waals surface area contributed by atoms with Gasteiger partial charge in [-0.15, -0.1) is 0 Å². The number of hydrogen-bond acceptors (Lipinski definition) is 4. The average molecular weight is 370 g/mol. The Bertz CT molecular complexity index is 721. The smallest absolute Gasteiger partial charge is 0.321 e. The Kier molecular flexibility index (Phi) is 4.66. The van der Waals surface area contributed by atoms with Crippen LogP contribution in [-0.2, 0) is 4.79 Å². The van der Waals surface area contributed by atoms with Crippen molar-refractivity contribution < 1.29 is 19.1 Å². The summed E-state index contributed by atoms with van der Waals surface area (Å²) in [7, 11) is 0. The maximum absolute atomic E-state index is 12.3. The van der Waals surface area contributed by atoms with Crippen LogP contribution in [0.4, 0.5) is 4.79 Å². The van der Waals surface area contributed by atoms with E-state index in [1.54, 1.807) is 24.3 Å². The molecule has 27 heavy (non-hydrogen) atoms. The summed E-state index contributed by atoms with van der Waals surface area (Å²) in [6, 6.07) is 6.15. The van der Waals surface area contributed by atoms with Gasteiger partial charge in [0.2, 0.25) is 0 Å². The Labute approximate surface area is 159 Å². The summed E-state index contributed by atoms with van der Waals surface area (Å²) in [4.78, 5) is 35.6. The van der Waals surface area contributed by atoms with Crippen molar-refractivity contribution in [3.05, 3.63) is 29.8 Å². The molecule has 4 aliphatic rings. The van der Waals surface area contributed by atoms with Crippen molar-refractivity contribution in [2.24, 2.45) is 17.8 Å². The molecule has 1 aromatic rings. The highest BCUT2D eigenvalue weighted by atomic mass is 16.5. The molecule has 0 atom stereocenters. The summed E-state index contributed by atoms with van der Waals surface area (Å²) in [6.45, 7) is 1.25. The largest absolute Gasteiger partial charge is 0.484 e. The zero-order valence-electron chi connectivity index (χ0n) is 15.6. The number of ether oxygens (including phenoxy) is 1. The van der Waals surface area contributed by atoms with Crippen LogP contribution in [0.25, 0.3) is 0 Å². The van der Waals surface area contributed by atoms with Gasteiger partial charge in [-0.3, -0.25) is 14.9 Å². The summed E-state index contributed by atoms with van der Waals surface area (Å²) in [5, 5.41) is 5.50. The van der Waals surface area contributed by atoms with Gasteiger partial charge in [0, 0.05) is 11.1 Å². The predicted molar refractivity (Wildman–Crippen MR) is 99.5 cm³/mol. The first-order chi connectivity index (χ1) is 12.9. The zero-order chi connectivity index (χ0) is 19.0. The fourth-order valence-electron chi connectivity index (χ4n) is 5.63. The number of Topliss-reactive ketones (excluding diaryl/α,β-unsaturated/α-hetero) is 1. The molecule has 2 N–H and O–H groups in total. The third-order valence-electron chi connectivity index (χ3n) is 6.30. The van der Waals surface area contributed by atoms with Gasteiger partial charge in [0.1, 0.15) is 5.75 Å². The zero-order valence-corrected chi connectivity index (χ0v) is 15.6. The first kappa shape index (κ1) is 18.0. The van der Waals surface area contributed by atoms with Gasteiger partial charge in [-0.2, -0.15) is 0 Å². The van der Waals surface area contributed by atoms with Crippen LogP contribution in [0, 0.1) is 17.8 Å². The van der Waals surface area contributed by atoms with E-state index in [0.29, 0.717) is 11.3 Å². The van der Waals surface area contributed by atoms with Gasteiger partial charge in [0.25, 0.3) is 5.91 Å². The molecule has 6 heteroatoms. The maximum Gasteiger partial charge on any atom is 0.321 e. The summed E-state index contributed by atoms with van der Waals surface area (Å²) in [6.07, 6.45) is 7.03. The average Bonchev–Trinajstić information content (AvgIpc) is 2.58. The molecule has 6 nitrogen and oxygen atoms in total. The number of nitrogens with one attached hydrogen (secondary N) is 2. The molecule has 0 heterocycles. The molecular weight excluding hydrogens is 344 g/mol. The van der Waals surface area contributed by atoms with Gasteiger partial charge >= 0.3 is 6.03 Å². The van der Waals surface area contributed by atoms with Crippen LogP contribution in [0.2, 0.25) is 0 Å². The lowest BCUT2D eigenvalue weighted by molar-refractivity contribution is -0.122. The van der Waals surface area contributed by atoms with Crippen LogP contribution < -0.4 is 15.4 Å². The van der Waals surface area contributed by atoms with Gasteiger partial charge in [-0.1, -0.05) is 0 Å². The third-order valence-corrected chi connectivity index (χ3v) is 6.30. The molecule has 4 saturated carbocycles. The molecule has 0 radical (unpaired) electrons. The first-order valence-electron chi connectivity index (χ1n) is 9.76. The van der Waals surface area contributed by atoms with Gasteiger partial charge in [0.15, 0.2) is 12.4 Å². The van der Waals surface area contributed by atoms with E-state index in [2.05, 4.69) is 10.6 Å². The van der Waals surface area contributed by atoms with Crippen molar-refractivity contribution in [2.45, 2.75) is 51.0 Å². The maximum atomic E-state index is 12.3. The van der Waals surface area contributed by atoms with Gasteiger partial charge in [0.05, 0.1) is 0 Å². The fourth-order valence-corrected chi connectivity index (χ4v) is 5.63. The van der Waals surface area contributed by atoms with Crippen LogP contribution >= 0.6 is 0 Å². The highest BCUT2D eigenvalue weighted by Crippen LogP contribution is 2.55. The molecular formula is C21H26N2O4. The number of imide groups is 1. The van der Waals surface area contributed by atoms with Crippen LogP contribution in [0.5, 0.6) is 5.75 Å². The number of amides is 3. The van der Waals surface area contributed by atoms with Crippen molar-refractivity contribution in [1.82, 2.24) is 10.6 Å². The van der Waals surface area contributed by atoms with Gasteiger partial charge in [-0.05, 0) is 87.5 Å². The SMILES string of the molecule is CC(=O)c1ccc(OCC(=O)NC(=O)NC23CC4CC(CC(C4)C2)C3)cc1. The Morgan fingerprint density at radius 2 is 1.56 bits per heavy atom. The highest BCUT2D eigenvalue weighted by molar-refractivity contribution is 5.95. The van der Waals surface area contributed by atoms with Crippen LogP contribution in [0.15, 0.2) is 24.3 Å². The van der Waals surface area contributed by atoms with E-state index in [1.165, 1.54) is 26.2 Å². The number of rotatable bonds is 5. The minimum atomic E-state index is -0.479. The van der Waals surface area contributed by atoms with E-state index < -0.39 is 11.9 Å². The van der Waals surface area contributed by atoms with E-state index in [0.717, 1.165) is 37.0 Å². The van der Waals surface area contributed by atoms with E-state index in [-0.39, 0.29) is 17.9 Å². The van der Waals surface area contributed by atoms with E-state index in [9.17, 15) is 14.4 Å². The van der Waals surface area contributed by atoms with E-state index in [1.807, 2.05) is 0 Å². The second-order valence-electron chi connectivity index (χ2n) is 8.57. The van der Waals surface area contributed by atoms with Crippen LogP contribution in [-0.4, -0.2) is 29.9 Å². The summed E-state index contributed by atoms with van der Waals surface area (Å²) >= 11 is 0. The van der Waals surface area contributed by atoms with Gasteiger partial charge < -0.3 is 10.1 Å². The Balaban J connectivity index is 1.26. The molecule has 0 aliphatic heterocycles. The monoisotopic (exact) mass is 370 g/mol. The second kappa shape index (κ2) is 6.98. The van der Waals surface area contributed by atoms with Gasteiger partial charge in [-0.25, -0.2) is 4.79 Å². The number of ketones is 1. The van der Waals surface area contributed by atoms with E-state index in [4.69, 9.17) is 4.74 Å². The van der Waals surface area contributed by atoms with E-state index >= 15 is 0 Å². The van der Waals surface area contributed by atoms with Crippen molar-refractivity contribution >= 4 is 17.7 Å². The highest BCUT2D eigenvalue weighted by Gasteiger charge is 2.51. The first-order valence-corrected chi connectivity index (χ1v) is 9.76. The molecule has 4 fully saturated rings. The lowest BCUT2D eigenvalue weighted by atomic mass is 9.53. The lowest BCUT2D eigenvalue weighted by Crippen LogP contribution is -2.62. The second-order valence-corrected chi connectivity index (χ2v) is 8.57. The number of benzene rings is 1. The van der Waals surface area contributed by atoms with Crippen molar-refractivity contribution in [1.29, 1.82) is 0 Å². The van der Waals surface area contributed by atoms with Crippen molar-refractivity contribution in [3.8, 4) is 5.75 Å². The summed E-state index contributed by atoms with van der Waals surface area (Å²) < 4.78 is 5.39. The number of carbonyl (C=O) groups is 3. The molecule has 0 aromatic heterocycles. The summed E-state index contributed by atoms with van der Waals surface area (Å²) in [5.74, 6) is 2.17. The fraction of sp³-hybridized carbons (Fsp3) is 0.571. The van der Waals surface area contributed by atoms with Crippen molar-refractivity contribution in [3.63, 3.8) is 0 Å². The molecule has 0 saturated heterocycles. The molecule has 144 valence electrons. The van der Waals surface area contributed by atoms with Crippen LogP contribution in [0.1, 0.15) is 55.8 Å². The quantitative estimate of drug-likeness (QED) is 0.780. The lowest BCUT2D eigenvalue weighted by Gasteiger charge is -2.56. The number of carbonyl (C=O) groups excluding carboxylic acids is 3. The Morgan fingerprint density at radius 3 is 2.07 bits per heavy atom. The Hall–Kier alpha value is -2.37. The topological polar surface area (TPSA) is 84.5 Å². The molecule has 1 aromatic carbocycles. The minimum Gasteiger partial charge on any atom is -0.484 e. The standard InChI is InChI=1S/C21H26N2O4/c1-13(24)17-2-4-18(5-3-17)27-12-19(25)22-20(26)23-21-9-14-6-15(10-21)8-16(7-14)11-21/h2-5,14-16H,6-12H2,1H3,(H2,22,23,25,26). The molecule has 0 unspecified atom stereocenters. The molecule has 0 spiro atoms. The number of hydrogen-bond donors (Lipinski definition) is 2. The third kappa shape index (κ3) is 3.99. The summed E-state index contributed by atoms with van der Waals surface area (Å²) in [5.41, 5.74) is 0.462. The predicted octanol–water partition coefficient (Wildman–Crippen LogP) is 3.06. The van der Waals surface area contributed by atoms with Crippen molar-refractivity contribution in [2.75, 3.05) is 6.61 Å². The number of urea groups is 1.